The third-order valence-electron chi connectivity index (χ3n) is 3.22. The Morgan fingerprint density at radius 2 is 2.11 bits per heavy atom. The summed E-state index contributed by atoms with van der Waals surface area (Å²) in [6.07, 6.45) is 0.678. The maximum absolute atomic E-state index is 13.9. The van der Waals surface area contributed by atoms with Gasteiger partial charge in [-0.1, -0.05) is 0 Å². The number of nitrogens with one attached hydrogen (secondary N) is 1. The summed E-state index contributed by atoms with van der Waals surface area (Å²) >= 11 is 0. The third kappa shape index (κ3) is 3.01. The van der Waals surface area contributed by atoms with E-state index in [9.17, 15) is 13.6 Å². The highest BCUT2D eigenvalue weighted by atomic mass is 19.1. The van der Waals surface area contributed by atoms with Gasteiger partial charge in [-0.05, 0) is 24.1 Å². The van der Waals surface area contributed by atoms with Gasteiger partial charge in [0, 0.05) is 32.6 Å². The number of hydrogen-bond acceptors (Lipinski definition) is 3. The Morgan fingerprint density at radius 3 is 2.63 bits per heavy atom. The van der Waals surface area contributed by atoms with Crippen molar-refractivity contribution in [3.05, 3.63) is 29.3 Å². The van der Waals surface area contributed by atoms with Crippen molar-refractivity contribution in [3.8, 4) is 0 Å². The van der Waals surface area contributed by atoms with E-state index in [4.69, 9.17) is 5.73 Å². The molecule has 6 heteroatoms. The van der Waals surface area contributed by atoms with Gasteiger partial charge in [0.05, 0.1) is 0 Å². The summed E-state index contributed by atoms with van der Waals surface area (Å²) in [6.45, 7) is 2.46. The average Bonchev–Trinajstić information content (AvgIpc) is 2.75. The molecule has 0 spiro atoms. The Morgan fingerprint density at radius 1 is 1.47 bits per heavy atom. The third-order valence-corrected chi connectivity index (χ3v) is 3.22. The molecular weight excluding hydrogens is 252 g/mol. The number of carbonyl (C=O) groups excluding carboxylic acids is 1. The molecule has 1 fully saturated rings. The molecule has 0 aromatic heterocycles. The van der Waals surface area contributed by atoms with Gasteiger partial charge >= 0.3 is 0 Å². The number of amides is 1. The number of halogens is 2. The molecule has 1 amide bonds. The minimum atomic E-state index is -0.607. The van der Waals surface area contributed by atoms with E-state index in [0.29, 0.717) is 25.1 Å². The standard InChI is InChI=1S/C13H17F2N3O/c1-8(19)17-10-2-3-18(7-10)13-11(14)4-9(6-16)5-12(13)15/h4-5,10H,2-3,6-7,16H2,1H3,(H,17,19). The van der Waals surface area contributed by atoms with Crippen molar-refractivity contribution in [2.45, 2.75) is 25.9 Å². The van der Waals surface area contributed by atoms with Crippen LogP contribution >= 0.6 is 0 Å². The first-order valence-electron chi connectivity index (χ1n) is 6.21. The zero-order valence-corrected chi connectivity index (χ0v) is 10.7. The number of nitrogens with two attached hydrogens (primary N) is 1. The molecule has 1 aliphatic heterocycles. The number of rotatable bonds is 3. The molecule has 2 rings (SSSR count). The van der Waals surface area contributed by atoms with Crippen LogP contribution < -0.4 is 16.0 Å². The van der Waals surface area contributed by atoms with Crippen LogP contribution in [0.3, 0.4) is 0 Å². The molecule has 1 aromatic carbocycles. The minimum absolute atomic E-state index is 0.0370. The second kappa shape index (κ2) is 5.52. The highest BCUT2D eigenvalue weighted by molar-refractivity contribution is 5.73. The first-order chi connectivity index (χ1) is 9.01. The minimum Gasteiger partial charge on any atom is -0.365 e. The molecule has 104 valence electrons. The summed E-state index contributed by atoms with van der Waals surface area (Å²) in [5, 5.41) is 2.76. The zero-order chi connectivity index (χ0) is 14.0. The molecule has 1 atom stereocenters. The Labute approximate surface area is 110 Å². The predicted molar refractivity (Wildman–Crippen MR) is 68.7 cm³/mol. The van der Waals surface area contributed by atoms with E-state index < -0.39 is 11.6 Å². The number of nitrogens with zero attached hydrogens (tertiary/aromatic N) is 1. The highest BCUT2D eigenvalue weighted by Crippen LogP contribution is 2.28. The number of anilines is 1. The van der Waals surface area contributed by atoms with Gasteiger partial charge in [-0.3, -0.25) is 4.79 Å². The maximum Gasteiger partial charge on any atom is 0.217 e. The highest BCUT2D eigenvalue weighted by Gasteiger charge is 2.27. The molecule has 1 aliphatic rings. The van der Waals surface area contributed by atoms with E-state index >= 15 is 0 Å². The van der Waals surface area contributed by atoms with Crippen molar-refractivity contribution in [1.82, 2.24) is 5.32 Å². The number of hydrogen-bond donors (Lipinski definition) is 2. The lowest BCUT2D eigenvalue weighted by atomic mass is 10.1. The van der Waals surface area contributed by atoms with Gasteiger partial charge in [0.15, 0.2) is 0 Å². The van der Waals surface area contributed by atoms with Crippen molar-refractivity contribution in [1.29, 1.82) is 0 Å². The lowest BCUT2D eigenvalue weighted by Gasteiger charge is -2.20. The second-order valence-electron chi connectivity index (χ2n) is 4.74. The molecule has 0 aliphatic carbocycles. The topological polar surface area (TPSA) is 58.4 Å². The van der Waals surface area contributed by atoms with Crippen molar-refractivity contribution in [3.63, 3.8) is 0 Å². The summed E-state index contributed by atoms with van der Waals surface area (Å²) in [5.74, 6) is -1.35. The normalized spacial score (nSPS) is 18.7. The quantitative estimate of drug-likeness (QED) is 0.865. The van der Waals surface area contributed by atoms with E-state index in [2.05, 4.69) is 5.32 Å². The largest absolute Gasteiger partial charge is 0.365 e. The van der Waals surface area contributed by atoms with E-state index in [1.165, 1.54) is 19.1 Å². The predicted octanol–water partition coefficient (Wildman–Crippen LogP) is 1.14. The van der Waals surface area contributed by atoms with E-state index in [-0.39, 0.29) is 24.2 Å². The number of carbonyl (C=O) groups is 1. The monoisotopic (exact) mass is 269 g/mol. The van der Waals surface area contributed by atoms with Crippen LogP contribution in [0.4, 0.5) is 14.5 Å². The van der Waals surface area contributed by atoms with Crippen molar-refractivity contribution in [2.24, 2.45) is 5.73 Å². The average molecular weight is 269 g/mol. The molecule has 0 saturated carbocycles. The summed E-state index contributed by atoms with van der Waals surface area (Å²) in [4.78, 5) is 12.6. The van der Waals surface area contributed by atoms with Crippen LogP contribution in [0.15, 0.2) is 12.1 Å². The molecule has 3 N–H and O–H groups in total. The fraction of sp³-hybridized carbons (Fsp3) is 0.462. The zero-order valence-electron chi connectivity index (χ0n) is 10.7. The second-order valence-corrected chi connectivity index (χ2v) is 4.74. The molecular formula is C13H17F2N3O. The van der Waals surface area contributed by atoms with Crippen molar-refractivity contribution in [2.75, 3.05) is 18.0 Å². The van der Waals surface area contributed by atoms with Gasteiger partial charge in [-0.15, -0.1) is 0 Å². The molecule has 0 radical (unpaired) electrons. The van der Waals surface area contributed by atoms with Crippen LogP contribution in [0.25, 0.3) is 0 Å². The fourth-order valence-electron chi connectivity index (χ4n) is 2.41. The molecule has 19 heavy (non-hydrogen) atoms. The maximum atomic E-state index is 13.9. The number of benzene rings is 1. The van der Waals surface area contributed by atoms with Crippen LogP contribution in [0, 0.1) is 11.6 Å². The van der Waals surface area contributed by atoms with Gasteiger partial charge in [0.1, 0.15) is 17.3 Å². The van der Waals surface area contributed by atoms with Crippen LogP contribution in [-0.2, 0) is 11.3 Å². The summed E-state index contributed by atoms with van der Waals surface area (Å²) in [7, 11) is 0. The van der Waals surface area contributed by atoms with Gasteiger partial charge in [0.2, 0.25) is 5.91 Å². The van der Waals surface area contributed by atoms with Crippen molar-refractivity contribution < 1.29 is 13.6 Å². The first kappa shape index (κ1) is 13.7. The van der Waals surface area contributed by atoms with E-state index in [1.807, 2.05) is 0 Å². The van der Waals surface area contributed by atoms with Crippen LogP contribution in [-0.4, -0.2) is 25.0 Å². The Kier molecular flexibility index (Phi) is 3.99. The molecule has 1 heterocycles. The van der Waals surface area contributed by atoms with E-state index in [0.717, 1.165) is 0 Å². The lowest BCUT2D eigenvalue weighted by molar-refractivity contribution is -0.119. The van der Waals surface area contributed by atoms with E-state index in [1.54, 1.807) is 4.90 Å². The van der Waals surface area contributed by atoms with Gasteiger partial charge < -0.3 is 16.0 Å². The Hall–Kier alpha value is -1.69. The SMILES string of the molecule is CC(=O)NC1CCN(c2c(F)cc(CN)cc2F)C1. The van der Waals surface area contributed by atoms with Crippen LogP contribution in [0.5, 0.6) is 0 Å². The Balaban J connectivity index is 2.17. The Bertz CT molecular complexity index is 470. The summed E-state index contributed by atoms with van der Waals surface area (Å²) in [5.41, 5.74) is 5.76. The van der Waals surface area contributed by atoms with Gasteiger partial charge in [-0.25, -0.2) is 8.78 Å². The van der Waals surface area contributed by atoms with Gasteiger partial charge in [-0.2, -0.15) is 0 Å². The molecule has 1 aromatic rings. The molecule has 4 nitrogen and oxygen atoms in total. The molecule has 1 saturated heterocycles. The van der Waals surface area contributed by atoms with Crippen LogP contribution in [0.1, 0.15) is 18.9 Å². The first-order valence-corrected chi connectivity index (χ1v) is 6.21. The summed E-state index contributed by atoms with van der Waals surface area (Å²) < 4.78 is 27.8. The lowest BCUT2D eigenvalue weighted by Crippen LogP contribution is -2.35. The van der Waals surface area contributed by atoms with Gasteiger partial charge in [0.25, 0.3) is 0 Å². The summed E-state index contributed by atoms with van der Waals surface area (Å²) in [6, 6.07) is 2.44. The molecule has 1 unspecified atom stereocenters. The van der Waals surface area contributed by atoms with Crippen LogP contribution in [0.2, 0.25) is 0 Å². The fourth-order valence-corrected chi connectivity index (χ4v) is 2.41. The molecule has 0 bridgehead atoms. The van der Waals surface area contributed by atoms with Crippen molar-refractivity contribution >= 4 is 11.6 Å². The smallest absolute Gasteiger partial charge is 0.217 e.